The SMILES string of the molecule is O=C(N/N=C/CCc1ccccc1)c1cc(/C=N/Nc2cccc(Cl)c2)nc2ccccc12. The monoisotopic (exact) mass is 455 g/mol. The van der Waals surface area contributed by atoms with Crippen molar-refractivity contribution in [3.05, 3.63) is 107 Å². The molecule has 7 heteroatoms. The normalized spacial score (nSPS) is 11.3. The summed E-state index contributed by atoms with van der Waals surface area (Å²) in [5.41, 5.74) is 9.23. The van der Waals surface area contributed by atoms with E-state index in [0.29, 0.717) is 21.8 Å². The van der Waals surface area contributed by atoms with E-state index in [1.165, 1.54) is 5.56 Å². The lowest BCUT2D eigenvalue weighted by atomic mass is 10.1. The van der Waals surface area contributed by atoms with Gasteiger partial charge in [0.2, 0.25) is 0 Å². The Labute approximate surface area is 197 Å². The van der Waals surface area contributed by atoms with E-state index >= 15 is 0 Å². The van der Waals surface area contributed by atoms with Crippen molar-refractivity contribution in [1.29, 1.82) is 0 Å². The molecule has 0 atom stereocenters. The Morgan fingerprint density at radius 2 is 1.76 bits per heavy atom. The Morgan fingerprint density at radius 1 is 0.939 bits per heavy atom. The number of aromatic nitrogens is 1. The first-order valence-electron chi connectivity index (χ1n) is 10.5. The van der Waals surface area contributed by atoms with Gasteiger partial charge in [0, 0.05) is 16.6 Å². The van der Waals surface area contributed by atoms with E-state index in [1.54, 1.807) is 30.6 Å². The second kappa shape index (κ2) is 11.0. The minimum atomic E-state index is -0.304. The maximum Gasteiger partial charge on any atom is 0.272 e. The predicted molar refractivity (Wildman–Crippen MR) is 135 cm³/mol. The van der Waals surface area contributed by atoms with E-state index in [1.807, 2.05) is 54.6 Å². The standard InChI is InChI=1S/C26H22ClN5O/c27-20-11-6-12-21(16-20)31-29-18-22-17-24(23-13-4-5-14-25(23)30-22)26(33)32-28-15-7-10-19-8-2-1-3-9-19/h1-6,8-9,11-18,31H,7,10H2,(H,32,33)/b28-15+,29-18+. The molecule has 1 amide bonds. The highest BCUT2D eigenvalue weighted by atomic mass is 35.5. The fraction of sp³-hybridized carbons (Fsp3) is 0.0769. The molecule has 6 nitrogen and oxygen atoms in total. The van der Waals surface area contributed by atoms with Crippen molar-refractivity contribution in [2.75, 3.05) is 5.43 Å². The number of carbonyl (C=O) groups excluding carboxylic acids is 1. The highest BCUT2D eigenvalue weighted by Gasteiger charge is 2.12. The van der Waals surface area contributed by atoms with Crippen LogP contribution in [0.4, 0.5) is 5.69 Å². The van der Waals surface area contributed by atoms with Crippen molar-refractivity contribution in [3.63, 3.8) is 0 Å². The number of nitrogens with one attached hydrogen (secondary N) is 2. The Hall–Kier alpha value is -4.03. The van der Waals surface area contributed by atoms with Gasteiger partial charge in [0.15, 0.2) is 0 Å². The highest BCUT2D eigenvalue weighted by molar-refractivity contribution is 6.30. The molecule has 0 spiro atoms. The molecule has 0 aliphatic rings. The third-order valence-corrected chi connectivity index (χ3v) is 5.09. The lowest BCUT2D eigenvalue weighted by Gasteiger charge is -2.07. The van der Waals surface area contributed by atoms with Crippen molar-refractivity contribution in [3.8, 4) is 0 Å². The lowest BCUT2D eigenvalue weighted by Crippen LogP contribution is -2.18. The second-order valence-corrected chi connectivity index (χ2v) is 7.71. The summed E-state index contributed by atoms with van der Waals surface area (Å²) in [7, 11) is 0. The van der Waals surface area contributed by atoms with Crippen molar-refractivity contribution >= 4 is 46.5 Å². The van der Waals surface area contributed by atoms with Crippen LogP contribution >= 0.6 is 11.6 Å². The van der Waals surface area contributed by atoms with Gasteiger partial charge in [0.25, 0.3) is 5.91 Å². The van der Waals surface area contributed by atoms with Crippen LogP contribution in [0.3, 0.4) is 0 Å². The number of benzene rings is 3. The number of halogens is 1. The number of nitrogens with zero attached hydrogens (tertiary/aromatic N) is 3. The molecule has 4 rings (SSSR count). The van der Waals surface area contributed by atoms with Gasteiger partial charge in [-0.15, -0.1) is 0 Å². The fourth-order valence-corrected chi connectivity index (χ4v) is 3.48. The molecular weight excluding hydrogens is 434 g/mol. The van der Waals surface area contributed by atoms with Gasteiger partial charge < -0.3 is 0 Å². The zero-order valence-electron chi connectivity index (χ0n) is 17.8. The number of rotatable bonds is 8. The maximum absolute atomic E-state index is 12.8. The van der Waals surface area contributed by atoms with Gasteiger partial charge in [-0.3, -0.25) is 10.2 Å². The number of hydrogen-bond acceptors (Lipinski definition) is 5. The average Bonchev–Trinajstić information content (AvgIpc) is 2.84. The number of hydrogen-bond donors (Lipinski definition) is 2. The second-order valence-electron chi connectivity index (χ2n) is 7.27. The molecule has 164 valence electrons. The summed E-state index contributed by atoms with van der Waals surface area (Å²) in [5.74, 6) is -0.304. The number of anilines is 1. The number of carbonyl (C=O) groups is 1. The van der Waals surface area contributed by atoms with Gasteiger partial charge >= 0.3 is 0 Å². The van der Waals surface area contributed by atoms with Gasteiger partial charge in [-0.05, 0) is 48.7 Å². The Kier molecular flexibility index (Phi) is 7.40. The van der Waals surface area contributed by atoms with Crippen molar-refractivity contribution < 1.29 is 4.79 Å². The predicted octanol–water partition coefficient (Wildman–Crippen LogP) is 5.68. The minimum absolute atomic E-state index is 0.304. The van der Waals surface area contributed by atoms with Crippen molar-refractivity contribution in [1.82, 2.24) is 10.4 Å². The van der Waals surface area contributed by atoms with Crippen LogP contribution in [0, 0.1) is 0 Å². The molecule has 33 heavy (non-hydrogen) atoms. The summed E-state index contributed by atoms with van der Waals surface area (Å²) in [5, 5.41) is 9.68. The summed E-state index contributed by atoms with van der Waals surface area (Å²) >= 11 is 5.99. The molecule has 3 aromatic carbocycles. The molecular formula is C26H22ClN5O. The van der Waals surface area contributed by atoms with E-state index in [-0.39, 0.29) is 5.91 Å². The van der Waals surface area contributed by atoms with Crippen LogP contribution in [0.1, 0.15) is 28.0 Å². The molecule has 0 saturated carbocycles. The first-order valence-corrected chi connectivity index (χ1v) is 10.9. The van der Waals surface area contributed by atoms with E-state index in [2.05, 4.69) is 38.2 Å². The van der Waals surface area contributed by atoms with Crippen molar-refractivity contribution in [2.45, 2.75) is 12.8 Å². The summed E-state index contributed by atoms with van der Waals surface area (Å²) in [6.45, 7) is 0. The van der Waals surface area contributed by atoms with E-state index < -0.39 is 0 Å². The molecule has 0 bridgehead atoms. The Balaban J connectivity index is 1.45. The molecule has 1 heterocycles. The molecule has 4 aromatic rings. The van der Waals surface area contributed by atoms with Gasteiger partial charge in [-0.25, -0.2) is 10.4 Å². The highest BCUT2D eigenvalue weighted by Crippen LogP contribution is 2.18. The summed E-state index contributed by atoms with van der Waals surface area (Å²) in [4.78, 5) is 17.4. The lowest BCUT2D eigenvalue weighted by molar-refractivity contribution is 0.0956. The third-order valence-electron chi connectivity index (χ3n) is 4.86. The molecule has 0 aliphatic heterocycles. The number of pyridine rings is 1. The quantitative estimate of drug-likeness (QED) is 0.265. The van der Waals surface area contributed by atoms with Crippen LogP contribution in [0.15, 0.2) is 95.1 Å². The number of aryl methyl sites for hydroxylation is 1. The van der Waals surface area contributed by atoms with Crippen LogP contribution in [-0.4, -0.2) is 23.3 Å². The molecule has 1 aromatic heterocycles. The first kappa shape index (κ1) is 22.2. The van der Waals surface area contributed by atoms with Crippen LogP contribution in [0.2, 0.25) is 5.02 Å². The van der Waals surface area contributed by atoms with Crippen molar-refractivity contribution in [2.24, 2.45) is 10.2 Å². The molecule has 0 unspecified atom stereocenters. The number of hydrazone groups is 2. The zero-order valence-corrected chi connectivity index (χ0v) is 18.5. The van der Waals surface area contributed by atoms with Crippen LogP contribution < -0.4 is 10.9 Å². The first-order chi connectivity index (χ1) is 16.2. The van der Waals surface area contributed by atoms with Gasteiger partial charge in [-0.2, -0.15) is 10.2 Å². The number of amides is 1. The van der Waals surface area contributed by atoms with Gasteiger partial charge in [-0.1, -0.05) is 66.2 Å². The van der Waals surface area contributed by atoms with E-state index in [4.69, 9.17) is 11.6 Å². The Bertz CT molecular complexity index is 1300. The molecule has 0 fully saturated rings. The van der Waals surface area contributed by atoms with Gasteiger partial charge in [0.05, 0.1) is 28.7 Å². The summed E-state index contributed by atoms with van der Waals surface area (Å²) in [6, 6.07) is 26.5. The van der Waals surface area contributed by atoms with E-state index in [9.17, 15) is 4.79 Å². The molecule has 0 saturated heterocycles. The summed E-state index contributed by atoms with van der Waals surface area (Å²) in [6.07, 6.45) is 4.87. The number of para-hydroxylation sites is 1. The fourth-order valence-electron chi connectivity index (χ4n) is 3.29. The minimum Gasteiger partial charge on any atom is -0.278 e. The number of fused-ring (bicyclic) bond motifs is 1. The largest absolute Gasteiger partial charge is 0.278 e. The topological polar surface area (TPSA) is 78.7 Å². The maximum atomic E-state index is 12.8. The average molecular weight is 456 g/mol. The molecule has 0 aliphatic carbocycles. The molecule has 0 radical (unpaired) electrons. The smallest absolute Gasteiger partial charge is 0.272 e. The summed E-state index contributed by atoms with van der Waals surface area (Å²) < 4.78 is 0. The molecule has 2 N–H and O–H groups in total. The third kappa shape index (κ3) is 6.24. The van der Waals surface area contributed by atoms with Crippen LogP contribution in [-0.2, 0) is 6.42 Å². The van der Waals surface area contributed by atoms with Crippen LogP contribution in [0.25, 0.3) is 10.9 Å². The zero-order chi connectivity index (χ0) is 22.9. The van der Waals surface area contributed by atoms with Crippen LogP contribution in [0.5, 0.6) is 0 Å². The Morgan fingerprint density at radius 3 is 2.61 bits per heavy atom. The van der Waals surface area contributed by atoms with E-state index in [0.717, 1.165) is 23.9 Å². The van der Waals surface area contributed by atoms with Gasteiger partial charge in [0.1, 0.15) is 0 Å².